The van der Waals surface area contributed by atoms with Gasteiger partial charge in [0.25, 0.3) is 0 Å². The van der Waals surface area contributed by atoms with E-state index in [9.17, 15) is 9.18 Å². The average Bonchev–Trinajstić information content (AvgIpc) is 2.88. The Labute approximate surface area is 149 Å². The molecule has 128 valence electrons. The van der Waals surface area contributed by atoms with Crippen LogP contribution in [-0.2, 0) is 6.54 Å². The third-order valence-electron chi connectivity index (χ3n) is 3.72. The molecule has 3 rings (SSSR count). The van der Waals surface area contributed by atoms with Gasteiger partial charge < -0.3 is 9.88 Å². The summed E-state index contributed by atoms with van der Waals surface area (Å²) in [4.78, 5) is 11.8. The molecule has 0 bridgehead atoms. The average molecular weight is 359 g/mol. The Morgan fingerprint density at radius 3 is 2.68 bits per heavy atom. The van der Waals surface area contributed by atoms with Crippen LogP contribution in [0.3, 0.4) is 0 Å². The number of urea groups is 1. The SMILES string of the molecule is CCn1c(Cl)c(C=NNC(=O)Nc2ccc(F)cc2)c2ccccc21. The highest BCUT2D eigenvalue weighted by Crippen LogP contribution is 2.28. The number of fused-ring (bicyclic) bond motifs is 1. The summed E-state index contributed by atoms with van der Waals surface area (Å²) in [5.41, 5.74) is 4.58. The Morgan fingerprint density at radius 1 is 1.24 bits per heavy atom. The van der Waals surface area contributed by atoms with Crippen LogP contribution in [-0.4, -0.2) is 16.8 Å². The quantitative estimate of drug-likeness (QED) is 0.519. The maximum atomic E-state index is 12.8. The second-order valence-electron chi connectivity index (χ2n) is 5.30. The van der Waals surface area contributed by atoms with Crippen LogP contribution in [0.2, 0.25) is 5.15 Å². The maximum absolute atomic E-state index is 12.8. The number of hydrogen-bond acceptors (Lipinski definition) is 2. The van der Waals surface area contributed by atoms with Crippen LogP contribution in [0.1, 0.15) is 12.5 Å². The first kappa shape index (κ1) is 17.0. The Bertz CT molecular complexity index is 934. The van der Waals surface area contributed by atoms with E-state index in [1.807, 2.05) is 35.8 Å². The molecule has 0 aliphatic heterocycles. The molecule has 0 aliphatic carbocycles. The van der Waals surface area contributed by atoms with Gasteiger partial charge in [-0.3, -0.25) is 0 Å². The fraction of sp³-hybridized carbons (Fsp3) is 0.111. The fourth-order valence-corrected chi connectivity index (χ4v) is 2.94. The van der Waals surface area contributed by atoms with Gasteiger partial charge >= 0.3 is 6.03 Å². The zero-order valence-corrected chi connectivity index (χ0v) is 14.2. The summed E-state index contributed by atoms with van der Waals surface area (Å²) in [7, 11) is 0. The lowest BCUT2D eigenvalue weighted by Crippen LogP contribution is -2.24. The number of halogens is 2. The van der Waals surface area contributed by atoms with Gasteiger partial charge in [-0.05, 0) is 37.3 Å². The molecule has 2 amide bonds. The van der Waals surface area contributed by atoms with Gasteiger partial charge in [0.05, 0.1) is 6.21 Å². The van der Waals surface area contributed by atoms with Crippen LogP contribution >= 0.6 is 11.6 Å². The van der Waals surface area contributed by atoms with E-state index in [1.54, 1.807) is 0 Å². The number of nitrogens with one attached hydrogen (secondary N) is 2. The summed E-state index contributed by atoms with van der Waals surface area (Å²) in [6, 6.07) is 12.7. The van der Waals surface area contributed by atoms with Gasteiger partial charge in [0, 0.05) is 28.7 Å². The van der Waals surface area contributed by atoms with Gasteiger partial charge in [-0.15, -0.1) is 0 Å². The number of aryl methyl sites for hydroxylation is 1. The molecule has 0 aliphatic rings. The summed E-state index contributed by atoms with van der Waals surface area (Å²) in [6.07, 6.45) is 1.51. The Morgan fingerprint density at radius 2 is 1.96 bits per heavy atom. The number of amides is 2. The predicted molar refractivity (Wildman–Crippen MR) is 98.8 cm³/mol. The molecule has 3 aromatic rings. The molecule has 0 unspecified atom stereocenters. The highest BCUT2D eigenvalue weighted by molar-refractivity contribution is 6.34. The monoisotopic (exact) mass is 358 g/mol. The molecule has 2 N–H and O–H groups in total. The highest BCUT2D eigenvalue weighted by Gasteiger charge is 2.12. The van der Waals surface area contributed by atoms with E-state index in [4.69, 9.17) is 11.6 Å². The van der Waals surface area contributed by atoms with E-state index in [0.717, 1.165) is 23.0 Å². The molecule has 0 spiro atoms. The Hall–Kier alpha value is -2.86. The number of hydrogen-bond donors (Lipinski definition) is 2. The second kappa shape index (κ2) is 7.36. The number of benzene rings is 2. The van der Waals surface area contributed by atoms with Crippen LogP contribution in [0.5, 0.6) is 0 Å². The van der Waals surface area contributed by atoms with Crippen molar-refractivity contribution in [3.05, 3.63) is 65.1 Å². The number of nitrogens with zero attached hydrogens (tertiary/aromatic N) is 2. The van der Waals surface area contributed by atoms with Gasteiger partial charge in [0.2, 0.25) is 0 Å². The molecular weight excluding hydrogens is 343 g/mol. The fourth-order valence-electron chi connectivity index (χ4n) is 2.58. The van der Waals surface area contributed by atoms with Gasteiger partial charge in [-0.1, -0.05) is 29.8 Å². The van der Waals surface area contributed by atoms with Gasteiger partial charge in [-0.2, -0.15) is 5.10 Å². The van der Waals surface area contributed by atoms with Crippen molar-refractivity contribution >= 4 is 40.4 Å². The first-order valence-corrected chi connectivity index (χ1v) is 8.10. The Balaban J connectivity index is 1.74. The largest absolute Gasteiger partial charge is 0.339 e. The lowest BCUT2D eigenvalue weighted by atomic mass is 10.2. The minimum Gasteiger partial charge on any atom is -0.331 e. The van der Waals surface area contributed by atoms with E-state index in [1.165, 1.54) is 30.5 Å². The normalized spacial score (nSPS) is 11.2. The van der Waals surface area contributed by atoms with E-state index in [-0.39, 0.29) is 5.82 Å². The molecule has 25 heavy (non-hydrogen) atoms. The van der Waals surface area contributed by atoms with Crippen molar-refractivity contribution in [3.63, 3.8) is 0 Å². The maximum Gasteiger partial charge on any atom is 0.339 e. The summed E-state index contributed by atoms with van der Waals surface area (Å²) in [6.45, 7) is 2.74. The van der Waals surface area contributed by atoms with E-state index in [0.29, 0.717) is 10.8 Å². The third-order valence-corrected chi connectivity index (χ3v) is 4.13. The number of rotatable bonds is 4. The minimum atomic E-state index is -0.529. The van der Waals surface area contributed by atoms with Crippen LogP contribution in [0.4, 0.5) is 14.9 Å². The minimum absolute atomic E-state index is 0.370. The van der Waals surface area contributed by atoms with Crippen molar-refractivity contribution in [1.29, 1.82) is 0 Å². The van der Waals surface area contributed by atoms with Crippen molar-refractivity contribution in [2.45, 2.75) is 13.5 Å². The van der Waals surface area contributed by atoms with E-state index >= 15 is 0 Å². The molecule has 0 saturated heterocycles. The zero-order chi connectivity index (χ0) is 17.8. The summed E-state index contributed by atoms with van der Waals surface area (Å²) >= 11 is 6.42. The number of para-hydroxylation sites is 1. The first-order chi connectivity index (χ1) is 12.1. The molecule has 0 radical (unpaired) electrons. The zero-order valence-electron chi connectivity index (χ0n) is 13.5. The molecule has 1 aromatic heterocycles. The van der Waals surface area contributed by atoms with Crippen molar-refractivity contribution in [1.82, 2.24) is 9.99 Å². The van der Waals surface area contributed by atoms with Crippen LogP contribution in [0, 0.1) is 5.82 Å². The topological polar surface area (TPSA) is 58.4 Å². The molecule has 0 atom stereocenters. The second-order valence-corrected chi connectivity index (χ2v) is 5.65. The number of carbonyl (C=O) groups is 1. The number of carbonyl (C=O) groups excluding carboxylic acids is 1. The lowest BCUT2D eigenvalue weighted by molar-refractivity contribution is 0.252. The molecule has 0 fully saturated rings. The molecule has 1 heterocycles. The van der Waals surface area contributed by atoms with Gasteiger partial charge in [0.1, 0.15) is 11.0 Å². The predicted octanol–water partition coefficient (Wildman–Crippen LogP) is 4.61. The van der Waals surface area contributed by atoms with Crippen molar-refractivity contribution in [2.75, 3.05) is 5.32 Å². The lowest BCUT2D eigenvalue weighted by Gasteiger charge is -2.03. The van der Waals surface area contributed by atoms with Crippen LogP contribution in [0.25, 0.3) is 10.9 Å². The van der Waals surface area contributed by atoms with E-state index < -0.39 is 6.03 Å². The summed E-state index contributed by atoms with van der Waals surface area (Å²) in [5, 5.41) is 8.03. The van der Waals surface area contributed by atoms with Crippen molar-refractivity contribution < 1.29 is 9.18 Å². The highest BCUT2D eigenvalue weighted by atomic mass is 35.5. The van der Waals surface area contributed by atoms with Gasteiger partial charge in [-0.25, -0.2) is 14.6 Å². The summed E-state index contributed by atoms with van der Waals surface area (Å²) in [5.74, 6) is -0.370. The van der Waals surface area contributed by atoms with Crippen LogP contribution < -0.4 is 10.7 Å². The van der Waals surface area contributed by atoms with E-state index in [2.05, 4.69) is 15.8 Å². The molecule has 2 aromatic carbocycles. The molecule has 7 heteroatoms. The summed E-state index contributed by atoms with van der Waals surface area (Å²) < 4.78 is 14.8. The Kier molecular flexibility index (Phi) is 5.00. The first-order valence-electron chi connectivity index (χ1n) is 7.72. The molecular formula is C18H16ClFN4O. The van der Waals surface area contributed by atoms with Crippen LogP contribution in [0.15, 0.2) is 53.6 Å². The standard InChI is InChI=1S/C18H16ClFN4O/c1-2-24-16-6-4-3-5-14(16)15(17(24)19)11-21-23-18(25)22-13-9-7-12(20)8-10-13/h3-11H,2H2,1H3,(H2,22,23,25). The van der Waals surface area contributed by atoms with Crippen molar-refractivity contribution in [2.24, 2.45) is 5.10 Å². The molecule has 0 saturated carbocycles. The smallest absolute Gasteiger partial charge is 0.331 e. The molecule has 5 nitrogen and oxygen atoms in total. The number of aromatic nitrogens is 1. The third kappa shape index (κ3) is 3.64. The van der Waals surface area contributed by atoms with Crippen molar-refractivity contribution in [3.8, 4) is 0 Å². The number of hydrazone groups is 1. The number of anilines is 1. The van der Waals surface area contributed by atoms with Gasteiger partial charge in [0.15, 0.2) is 0 Å².